The summed E-state index contributed by atoms with van der Waals surface area (Å²) in [5.41, 5.74) is 1.35. The number of hydrogen-bond donors (Lipinski definition) is 2. The Labute approximate surface area is 180 Å². The zero-order chi connectivity index (χ0) is 22.3. The molecule has 0 aliphatic carbocycles. The molecule has 0 fully saturated rings. The van der Waals surface area contributed by atoms with Crippen LogP contribution in [0.5, 0.6) is 5.75 Å². The van der Waals surface area contributed by atoms with E-state index in [0.29, 0.717) is 18.0 Å². The molecule has 2 aromatic rings. The number of amides is 1. The normalized spacial score (nSPS) is 12.8. The molecule has 2 aromatic carbocycles. The standard InChI is InChI=1S/C23H32N2O4S/c1-16(2)14-22(17(3)4)25-30(27,28)21-12-8-19(9-13-21)23(26)24-15-18-6-10-20(29-5)11-7-18/h6-13,16-17,22,25H,14-15H2,1-5H3,(H,24,26). The number of nitrogens with one attached hydrogen (secondary N) is 2. The Hall–Kier alpha value is -2.38. The molecule has 2 N–H and O–H groups in total. The summed E-state index contributed by atoms with van der Waals surface area (Å²) in [6, 6.07) is 13.3. The van der Waals surface area contributed by atoms with Crippen LogP contribution in [0.1, 0.15) is 50.0 Å². The third-order valence-corrected chi connectivity index (χ3v) is 6.38. The van der Waals surface area contributed by atoms with Gasteiger partial charge in [0, 0.05) is 18.2 Å². The Kier molecular flexibility index (Phi) is 8.43. The summed E-state index contributed by atoms with van der Waals surface area (Å²) in [6.07, 6.45) is 0.767. The summed E-state index contributed by atoms with van der Waals surface area (Å²) in [5.74, 6) is 1.06. The molecule has 1 amide bonds. The largest absolute Gasteiger partial charge is 0.497 e. The highest BCUT2D eigenvalue weighted by molar-refractivity contribution is 7.89. The number of carbonyl (C=O) groups is 1. The van der Waals surface area contributed by atoms with Gasteiger partial charge in [-0.1, -0.05) is 39.8 Å². The molecule has 0 aromatic heterocycles. The average Bonchev–Trinajstić information content (AvgIpc) is 2.71. The van der Waals surface area contributed by atoms with Crippen LogP contribution in [0.4, 0.5) is 0 Å². The van der Waals surface area contributed by atoms with E-state index in [1.54, 1.807) is 7.11 Å². The van der Waals surface area contributed by atoms with Gasteiger partial charge < -0.3 is 10.1 Å². The quantitative estimate of drug-likeness (QED) is 0.595. The van der Waals surface area contributed by atoms with Crippen LogP contribution in [-0.4, -0.2) is 27.5 Å². The molecule has 0 heterocycles. The van der Waals surface area contributed by atoms with Crippen LogP contribution < -0.4 is 14.8 Å². The van der Waals surface area contributed by atoms with Crippen molar-refractivity contribution in [2.75, 3.05) is 7.11 Å². The molecule has 0 aliphatic rings. The molecule has 1 atom stereocenters. The zero-order valence-electron chi connectivity index (χ0n) is 18.3. The maximum absolute atomic E-state index is 12.8. The Morgan fingerprint density at radius 2 is 1.57 bits per heavy atom. The molecular formula is C23H32N2O4S. The fourth-order valence-electron chi connectivity index (χ4n) is 3.04. The lowest BCUT2D eigenvalue weighted by atomic mass is 9.96. The van der Waals surface area contributed by atoms with Crippen molar-refractivity contribution in [3.8, 4) is 5.75 Å². The second kappa shape index (κ2) is 10.6. The SMILES string of the molecule is COc1ccc(CNC(=O)c2ccc(S(=O)(=O)NC(CC(C)C)C(C)C)cc2)cc1. The predicted octanol–water partition coefficient (Wildman–Crippen LogP) is 3.97. The first-order valence-corrected chi connectivity index (χ1v) is 11.6. The number of sulfonamides is 1. The molecule has 6 nitrogen and oxygen atoms in total. The first kappa shape index (κ1) is 23.9. The van der Waals surface area contributed by atoms with Crippen molar-refractivity contribution >= 4 is 15.9 Å². The van der Waals surface area contributed by atoms with Crippen molar-refractivity contribution in [2.45, 2.75) is 51.6 Å². The van der Waals surface area contributed by atoms with E-state index < -0.39 is 10.0 Å². The highest BCUT2D eigenvalue weighted by atomic mass is 32.2. The lowest BCUT2D eigenvalue weighted by Gasteiger charge is -2.24. The lowest BCUT2D eigenvalue weighted by molar-refractivity contribution is 0.0951. The maximum atomic E-state index is 12.8. The summed E-state index contributed by atoms with van der Waals surface area (Å²) >= 11 is 0. The van der Waals surface area contributed by atoms with Crippen LogP contribution >= 0.6 is 0 Å². The molecule has 2 rings (SSSR count). The Balaban J connectivity index is 2.02. The second-order valence-electron chi connectivity index (χ2n) is 8.16. The summed E-state index contributed by atoms with van der Waals surface area (Å²) in [5, 5.41) is 2.83. The number of methoxy groups -OCH3 is 1. The van der Waals surface area contributed by atoms with E-state index in [2.05, 4.69) is 23.9 Å². The highest BCUT2D eigenvalue weighted by Gasteiger charge is 2.23. The number of ether oxygens (including phenoxy) is 1. The van der Waals surface area contributed by atoms with Crippen molar-refractivity contribution in [1.82, 2.24) is 10.0 Å². The van der Waals surface area contributed by atoms with E-state index >= 15 is 0 Å². The molecule has 0 spiro atoms. The molecule has 1 unspecified atom stereocenters. The Bertz CT molecular complexity index is 921. The Morgan fingerprint density at radius 1 is 0.967 bits per heavy atom. The fraction of sp³-hybridized carbons (Fsp3) is 0.435. The molecule has 0 saturated heterocycles. The van der Waals surface area contributed by atoms with E-state index in [-0.39, 0.29) is 22.8 Å². The first-order valence-electron chi connectivity index (χ1n) is 10.2. The van der Waals surface area contributed by atoms with Crippen LogP contribution in [0, 0.1) is 11.8 Å². The highest BCUT2D eigenvalue weighted by Crippen LogP contribution is 2.18. The van der Waals surface area contributed by atoms with Crippen LogP contribution in [-0.2, 0) is 16.6 Å². The van der Waals surface area contributed by atoms with E-state index in [1.807, 2.05) is 38.1 Å². The lowest BCUT2D eigenvalue weighted by Crippen LogP contribution is -2.39. The Morgan fingerprint density at radius 3 is 2.07 bits per heavy atom. The maximum Gasteiger partial charge on any atom is 0.251 e. The minimum Gasteiger partial charge on any atom is -0.497 e. The van der Waals surface area contributed by atoms with Gasteiger partial charge in [0.15, 0.2) is 0 Å². The van der Waals surface area contributed by atoms with Crippen molar-refractivity contribution in [2.24, 2.45) is 11.8 Å². The van der Waals surface area contributed by atoms with E-state index in [1.165, 1.54) is 24.3 Å². The summed E-state index contributed by atoms with van der Waals surface area (Å²) in [4.78, 5) is 12.5. The van der Waals surface area contributed by atoms with Gasteiger partial charge in [-0.25, -0.2) is 13.1 Å². The van der Waals surface area contributed by atoms with Crippen LogP contribution in [0.15, 0.2) is 53.4 Å². The van der Waals surface area contributed by atoms with Gasteiger partial charge in [-0.05, 0) is 60.2 Å². The molecule has 0 aliphatic heterocycles. The van der Waals surface area contributed by atoms with Gasteiger partial charge in [0.25, 0.3) is 5.91 Å². The third kappa shape index (κ3) is 6.85. The number of carbonyl (C=O) groups excluding carboxylic acids is 1. The van der Waals surface area contributed by atoms with Crippen molar-refractivity contribution in [3.05, 3.63) is 59.7 Å². The van der Waals surface area contributed by atoms with Gasteiger partial charge in [0.2, 0.25) is 10.0 Å². The fourth-order valence-corrected chi connectivity index (χ4v) is 4.44. The smallest absolute Gasteiger partial charge is 0.251 e. The predicted molar refractivity (Wildman–Crippen MR) is 119 cm³/mol. The van der Waals surface area contributed by atoms with Crippen LogP contribution in [0.2, 0.25) is 0 Å². The molecule has 7 heteroatoms. The average molecular weight is 433 g/mol. The molecule has 164 valence electrons. The zero-order valence-corrected chi connectivity index (χ0v) is 19.1. The van der Waals surface area contributed by atoms with Gasteiger partial charge in [0.05, 0.1) is 12.0 Å². The van der Waals surface area contributed by atoms with Crippen LogP contribution in [0.25, 0.3) is 0 Å². The van der Waals surface area contributed by atoms with Gasteiger partial charge in [0.1, 0.15) is 5.75 Å². The summed E-state index contributed by atoms with van der Waals surface area (Å²) in [7, 11) is -2.05. The van der Waals surface area contributed by atoms with E-state index in [9.17, 15) is 13.2 Å². The third-order valence-electron chi connectivity index (χ3n) is 4.88. The topological polar surface area (TPSA) is 84.5 Å². The van der Waals surface area contributed by atoms with Crippen LogP contribution in [0.3, 0.4) is 0 Å². The molecule has 0 radical (unpaired) electrons. The summed E-state index contributed by atoms with van der Waals surface area (Å²) < 4.78 is 33.4. The van der Waals surface area contributed by atoms with Gasteiger partial charge in [-0.3, -0.25) is 4.79 Å². The molecule has 30 heavy (non-hydrogen) atoms. The number of hydrogen-bond acceptors (Lipinski definition) is 4. The van der Waals surface area contributed by atoms with Gasteiger partial charge >= 0.3 is 0 Å². The monoisotopic (exact) mass is 432 g/mol. The molecule has 0 bridgehead atoms. The number of benzene rings is 2. The molecule has 0 saturated carbocycles. The number of rotatable bonds is 10. The molecular weight excluding hydrogens is 400 g/mol. The van der Waals surface area contributed by atoms with E-state index in [4.69, 9.17) is 4.74 Å². The van der Waals surface area contributed by atoms with Gasteiger partial charge in [-0.2, -0.15) is 0 Å². The minimum absolute atomic E-state index is 0.137. The van der Waals surface area contributed by atoms with Gasteiger partial charge in [-0.15, -0.1) is 0 Å². The van der Waals surface area contributed by atoms with Crippen molar-refractivity contribution < 1.29 is 17.9 Å². The van der Waals surface area contributed by atoms with Crippen molar-refractivity contribution in [1.29, 1.82) is 0 Å². The van der Waals surface area contributed by atoms with Crippen molar-refractivity contribution in [3.63, 3.8) is 0 Å². The van der Waals surface area contributed by atoms with E-state index in [0.717, 1.165) is 17.7 Å². The first-order chi connectivity index (χ1) is 14.1. The second-order valence-corrected chi connectivity index (χ2v) is 9.87. The summed E-state index contributed by atoms with van der Waals surface area (Å²) in [6.45, 7) is 8.53. The minimum atomic E-state index is -3.65.